The Morgan fingerprint density at radius 1 is 1.33 bits per heavy atom. The van der Waals surface area contributed by atoms with Crippen molar-refractivity contribution in [3.8, 4) is 5.75 Å². The van der Waals surface area contributed by atoms with Crippen LogP contribution in [0.1, 0.15) is 0 Å². The fourth-order valence-corrected chi connectivity index (χ4v) is 0.739. The van der Waals surface area contributed by atoms with Crippen molar-refractivity contribution in [2.24, 2.45) is 0 Å². The number of ether oxygens (including phenoxy) is 2. The van der Waals surface area contributed by atoms with Crippen LogP contribution < -0.4 is 4.74 Å². The van der Waals surface area contributed by atoms with Crippen LogP contribution in [0.15, 0.2) is 42.7 Å². The van der Waals surface area contributed by atoms with Gasteiger partial charge in [0.1, 0.15) is 18.1 Å². The van der Waals surface area contributed by atoms with E-state index < -0.39 is 0 Å². The van der Waals surface area contributed by atoms with E-state index in [9.17, 15) is 0 Å². The van der Waals surface area contributed by atoms with Gasteiger partial charge in [-0.15, -0.1) is 0 Å². The molecule has 1 aromatic carbocycles. The number of methoxy groups -OCH3 is 1. The molecule has 0 heterocycles. The molecule has 0 spiro atoms. The molecule has 0 saturated heterocycles. The summed E-state index contributed by atoms with van der Waals surface area (Å²) in [4.78, 5) is 0. The van der Waals surface area contributed by atoms with Crippen LogP contribution in [0.2, 0.25) is 0 Å². The first-order chi connectivity index (χ1) is 5.83. The van der Waals surface area contributed by atoms with Crippen LogP contribution in [-0.4, -0.2) is 13.7 Å². The SMILES string of the molecule is C=C(COc1ccccc1)OC. The molecule has 2 nitrogen and oxygen atoms in total. The van der Waals surface area contributed by atoms with Crippen molar-refractivity contribution >= 4 is 0 Å². The van der Waals surface area contributed by atoms with E-state index in [1.165, 1.54) is 0 Å². The van der Waals surface area contributed by atoms with Gasteiger partial charge >= 0.3 is 0 Å². The van der Waals surface area contributed by atoms with Crippen LogP contribution in [-0.2, 0) is 4.74 Å². The molecule has 0 aliphatic heterocycles. The third kappa shape index (κ3) is 2.66. The van der Waals surface area contributed by atoms with E-state index in [1.807, 2.05) is 30.3 Å². The predicted molar refractivity (Wildman–Crippen MR) is 48.1 cm³/mol. The van der Waals surface area contributed by atoms with Crippen molar-refractivity contribution < 1.29 is 9.47 Å². The number of rotatable bonds is 4. The fourth-order valence-electron chi connectivity index (χ4n) is 0.739. The van der Waals surface area contributed by atoms with Gasteiger partial charge < -0.3 is 9.47 Å². The second-order valence-electron chi connectivity index (χ2n) is 2.34. The van der Waals surface area contributed by atoms with Crippen molar-refractivity contribution in [1.82, 2.24) is 0 Å². The Labute approximate surface area is 72.4 Å². The molecular formula is C10H12O2. The van der Waals surface area contributed by atoms with Gasteiger partial charge in [-0.1, -0.05) is 24.8 Å². The zero-order valence-electron chi connectivity index (χ0n) is 7.12. The van der Waals surface area contributed by atoms with Gasteiger partial charge in [-0.05, 0) is 12.1 Å². The van der Waals surface area contributed by atoms with E-state index in [1.54, 1.807) is 7.11 Å². The van der Waals surface area contributed by atoms with E-state index >= 15 is 0 Å². The molecule has 0 radical (unpaired) electrons. The molecule has 0 fully saturated rings. The quantitative estimate of drug-likeness (QED) is 0.635. The monoisotopic (exact) mass is 164 g/mol. The number of benzene rings is 1. The standard InChI is InChI=1S/C10H12O2/c1-9(11-2)8-12-10-6-4-3-5-7-10/h3-7H,1,8H2,2H3. The first-order valence-corrected chi connectivity index (χ1v) is 3.72. The largest absolute Gasteiger partial charge is 0.498 e. The molecular weight excluding hydrogens is 152 g/mol. The van der Waals surface area contributed by atoms with Crippen LogP contribution in [0.25, 0.3) is 0 Å². The van der Waals surface area contributed by atoms with E-state index in [2.05, 4.69) is 6.58 Å². The molecule has 0 saturated carbocycles. The number of hydrogen-bond acceptors (Lipinski definition) is 2. The highest BCUT2D eigenvalue weighted by Gasteiger charge is 1.93. The van der Waals surface area contributed by atoms with Gasteiger partial charge in [-0.25, -0.2) is 0 Å². The minimum absolute atomic E-state index is 0.403. The van der Waals surface area contributed by atoms with Crippen LogP contribution in [0.4, 0.5) is 0 Å². The van der Waals surface area contributed by atoms with E-state index in [0.717, 1.165) is 5.75 Å². The topological polar surface area (TPSA) is 18.5 Å². The Morgan fingerprint density at radius 3 is 2.58 bits per heavy atom. The summed E-state index contributed by atoms with van der Waals surface area (Å²) in [6.07, 6.45) is 0. The van der Waals surface area contributed by atoms with Gasteiger partial charge in [-0.2, -0.15) is 0 Å². The molecule has 0 aliphatic carbocycles. The first kappa shape index (κ1) is 8.65. The maximum atomic E-state index is 5.33. The van der Waals surface area contributed by atoms with Gasteiger partial charge in [0.15, 0.2) is 0 Å². The van der Waals surface area contributed by atoms with Crippen molar-refractivity contribution in [3.05, 3.63) is 42.7 Å². The summed E-state index contributed by atoms with van der Waals surface area (Å²) in [6.45, 7) is 4.04. The summed E-state index contributed by atoms with van der Waals surface area (Å²) >= 11 is 0. The molecule has 0 aliphatic rings. The fraction of sp³-hybridized carbons (Fsp3) is 0.200. The van der Waals surface area contributed by atoms with E-state index in [4.69, 9.17) is 9.47 Å². The molecule has 0 unspecified atom stereocenters. The van der Waals surface area contributed by atoms with E-state index in [0.29, 0.717) is 12.4 Å². The lowest BCUT2D eigenvalue weighted by Gasteiger charge is -2.06. The molecule has 0 atom stereocenters. The Balaban J connectivity index is 2.38. The molecule has 12 heavy (non-hydrogen) atoms. The summed E-state index contributed by atoms with van der Waals surface area (Å²) in [5.41, 5.74) is 0. The zero-order chi connectivity index (χ0) is 8.81. The van der Waals surface area contributed by atoms with Crippen molar-refractivity contribution in [1.29, 1.82) is 0 Å². The summed E-state index contributed by atoms with van der Waals surface area (Å²) in [5.74, 6) is 1.45. The Bertz CT molecular complexity index is 241. The molecule has 64 valence electrons. The molecule has 0 N–H and O–H groups in total. The molecule has 0 amide bonds. The summed E-state index contributed by atoms with van der Waals surface area (Å²) < 4.78 is 10.2. The Kier molecular flexibility index (Phi) is 3.20. The third-order valence-corrected chi connectivity index (χ3v) is 1.43. The summed E-state index contributed by atoms with van der Waals surface area (Å²) in [7, 11) is 1.58. The number of hydrogen-bond donors (Lipinski definition) is 0. The maximum Gasteiger partial charge on any atom is 0.145 e. The highest BCUT2D eigenvalue weighted by atomic mass is 16.5. The average molecular weight is 164 g/mol. The lowest BCUT2D eigenvalue weighted by atomic mass is 10.3. The minimum atomic E-state index is 0.403. The normalized spacial score (nSPS) is 9.08. The molecule has 0 aromatic heterocycles. The summed E-state index contributed by atoms with van der Waals surface area (Å²) in [6, 6.07) is 9.57. The minimum Gasteiger partial charge on any atom is -0.498 e. The maximum absolute atomic E-state index is 5.33. The van der Waals surface area contributed by atoms with Crippen molar-refractivity contribution in [2.75, 3.05) is 13.7 Å². The second-order valence-corrected chi connectivity index (χ2v) is 2.34. The van der Waals surface area contributed by atoms with Crippen LogP contribution in [0.5, 0.6) is 5.75 Å². The van der Waals surface area contributed by atoms with Gasteiger partial charge in [0, 0.05) is 0 Å². The van der Waals surface area contributed by atoms with Gasteiger partial charge in [0.05, 0.1) is 7.11 Å². The lowest BCUT2D eigenvalue weighted by Crippen LogP contribution is -2.01. The highest BCUT2D eigenvalue weighted by Crippen LogP contribution is 2.09. The lowest BCUT2D eigenvalue weighted by molar-refractivity contribution is 0.221. The van der Waals surface area contributed by atoms with Crippen LogP contribution in [0.3, 0.4) is 0 Å². The first-order valence-electron chi connectivity index (χ1n) is 3.72. The van der Waals surface area contributed by atoms with Crippen LogP contribution >= 0.6 is 0 Å². The van der Waals surface area contributed by atoms with Crippen molar-refractivity contribution in [2.45, 2.75) is 0 Å². The van der Waals surface area contributed by atoms with Crippen LogP contribution in [0, 0.1) is 0 Å². The molecule has 1 aromatic rings. The highest BCUT2D eigenvalue weighted by molar-refractivity contribution is 5.21. The molecule has 1 rings (SSSR count). The second kappa shape index (κ2) is 4.44. The van der Waals surface area contributed by atoms with Gasteiger partial charge in [-0.3, -0.25) is 0 Å². The van der Waals surface area contributed by atoms with Gasteiger partial charge in [0.2, 0.25) is 0 Å². The van der Waals surface area contributed by atoms with Gasteiger partial charge in [0.25, 0.3) is 0 Å². The smallest absolute Gasteiger partial charge is 0.145 e. The number of para-hydroxylation sites is 1. The molecule has 0 bridgehead atoms. The zero-order valence-corrected chi connectivity index (χ0v) is 7.12. The predicted octanol–water partition coefficient (Wildman–Crippen LogP) is 2.23. The Hall–Kier alpha value is -1.44. The third-order valence-electron chi connectivity index (χ3n) is 1.43. The Morgan fingerprint density at radius 2 is 2.00 bits per heavy atom. The summed E-state index contributed by atoms with van der Waals surface area (Å²) in [5, 5.41) is 0. The van der Waals surface area contributed by atoms with E-state index in [-0.39, 0.29) is 0 Å². The molecule has 2 heteroatoms. The average Bonchev–Trinajstić information content (AvgIpc) is 2.16. The van der Waals surface area contributed by atoms with Crippen molar-refractivity contribution in [3.63, 3.8) is 0 Å².